The second-order valence-corrected chi connectivity index (χ2v) is 18.1. The molecule has 46 heavy (non-hydrogen) atoms. The molecule has 0 spiro atoms. The van der Waals surface area contributed by atoms with E-state index >= 15 is 0 Å². The highest BCUT2D eigenvalue weighted by atomic mass is 15.2. The molecule has 240 valence electrons. The molecule has 0 N–H and O–H groups in total. The van der Waals surface area contributed by atoms with Gasteiger partial charge in [0, 0.05) is 11.1 Å². The first-order valence-corrected chi connectivity index (χ1v) is 17.7. The van der Waals surface area contributed by atoms with Crippen LogP contribution in [0.4, 0.5) is 17.1 Å². The molecule has 0 radical (unpaired) electrons. The van der Waals surface area contributed by atoms with E-state index in [0.717, 1.165) is 0 Å². The summed E-state index contributed by atoms with van der Waals surface area (Å²) < 4.78 is 0. The van der Waals surface area contributed by atoms with Gasteiger partial charge in [0.1, 0.15) is 0 Å². The highest BCUT2D eigenvalue weighted by Gasteiger charge is 2.44. The fraction of sp³-hybridized carbons (Fsp3) is 0.467. The molecular formula is C45H55N. The van der Waals surface area contributed by atoms with E-state index in [2.05, 4.69) is 155 Å². The number of hydrogen-bond donors (Lipinski definition) is 0. The minimum Gasteiger partial charge on any atom is -0.309 e. The molecule has 1 nitrogen and oxygen atoms in total. The Morgan fingerprint density at radius 2 is 0.913 bits per heavy atom. The van der Waals surface area contributed by atoms with Crippen molar-refractivity contribution in [2.45, 2.75) is 136 Å². The zero-order valence-electron chi connectivity index (χ0n) is 30.6. The standard InChI is InChI=1S/C45H55N/c1-28-17-21-34-37(43(7,8)25-23-41(34,3)4)39(28)46(40-29(2)18-22-35-38(40)44(9,10)26-24-42(35,5)6)30-19-20-32-31-15-13-14-16-33(31)45(11,12)36(32)27-30/h13-22,27H,23-26H2,1-12H3. The van der Waals surface area contributed by atoms with Crippen LogP contribution in [-0.2, 0) is 27.1 Å². The van der Waals surface area contributed by atoms with Crippen LogP contribution >= 0.6 is 0 Å². The van der Waals surface area contributed by atoms with E-state index < -0.39 is 0 Å². The van der Waals surface area contributed by atoms with Gasteiger partial charge in [-0.25, -0.2) is 0 Å². The van der Waals surface area contributed by atoms with Crippen molar-refractivity contribution in [3.05, 3.63) is 111 Å². The Kier molecular flexibility index (Phi) is 6.70. The molecule has 1 heteroatoms. The lowest BCUT2D eigenvalue weighted by atomic mass is 9.61. The fourth-order valence-corrected chi connectivity index (χ4v) is 9.44. The van der Waals surface area contributed by atoms with Gasteiger partial charge in [0.15, 0.2) is 0 Å². The first-order valence-electron chi connectivity index (χ1n) is 17.7. The molecule has 0 aromatic heterocycles. The Labute approximate surface area is 279 Å². The molecule has 0 atom stereocenters. The Bertz CT molecular complexity index is 1810. The van der Waals surface area contributed by atoms with Crippen LogP contribution in [0.1, 0.15) is 139 Å². The molecule has 0 amide bonds. The summed E-state index contributed by atoms with van der Waals surface area (Å²) in [4.78, 5) is 2.74. The zero-order chi connectivity index (χ0) is 33.2. The number of hydrogen-bond acceptors (Lipinski definition) is 1. The molecule has 0 aliphatic heterocycles. The van der Waals surface area contributed by atoms with Gasteiger partial charge < -0.3 is 4.90 Å². The molecule has 3 aliphatic rings. The van der Waals surface area contributed by atoms with Crippen LogP contribution < -0.4 is 4.90 Å². The van der Waals surface area contributed by atoms with Gasteiger partial charge in [-0.2, -0.15) is 0 Å². The lowest BCUT2D eigenvalue weighted by Crippen LogP contribution is -2.38. The second kappa shape index (κ2) is 9.85. The summed E-state index contributed by atoms with van der Waals surface area (Å²) in [5.41, 5.74) is 18.9. The maximum Gasteiger partial charge on any atom is 0.0531 e. The highest BCUT2D eigenvalue weighted by molar-refractivity contribution is 5.90. The first-order chi connectivity index (χ1) is 21.4. The quantitative estimate of drug-likeness (QED) is 0.223. The number of fused-ring (bicyclic) bond motifs is 5. The zero-order valence-corrected chi connectivity index (χ0v) is 30.6. The Hall–Kier alpha value is -3.32. The van der Waals surface area contributed by atoms with Crippen molar-refractivity contribution in [2.24, 2.45) is 0 Å². The van der Waals surface area contributed by atoms with Gasteiger partial charge in [0.2, 0.25) is 0 Å². The van der Waals surface area contributed by atoms with Gasteiger partial charge >= 0.3 is 0 Å². The summed E-state index contributed by atoms with van der Waals surface area (Å²) in [5.74, 6) is 0. The summed E-state index contributed by atoms with van der Waals surface area (Å²) in [6.07, 6.45) is 4.80. The molecule has 4 aromatic carbocycles. The average molecular weight is 610 g/mol. The normalized spacial score (nSPS) is 20.7. The molecule has 0 fully saturated rings. The second-order valence-electron chi connectivity index (χ2n) is 18.1. The van der Waals surface area contributed by atoms with Crippen molar-refractivity contribution in [1.82, 2.24) is 0 Å². The van der Waals surface area contributed by atoms with Gasteiger partial charge in [-0.3, -0.25) is 0 Å². The molecule has 0 unspecified atom stereocenters. The van der Waals surface area contributed by atoms with Crippen molar-refractivity contribution in [1.29, 1.82) is 0 Å². The Morgan fingerprint density at radius 1 is 0.457 bits per heavy atom. The van der Waals surface area contributed by atoms with Crippen LogP contribution in [0.2, 0.25) is 0 Å². The monoisotopic (exact) mass is 609 g/mol. The van der Waals surface area contributed by atoms with Crippen molar-refractivity contribution >= 4 is 17.1 Å². The smallest absolute Gasteiger partial charge is 0.0531 e. The van der Waals surface area contributed by atoms with E-state index in [1.807, 2.05) is 0 Å². The van der Waals surface area contributed by atoms with Gasteiger partial charge in [-0.1, -0.05) is 124 Å². The van der Waals surface area contributed by atoms with Crippen LogP contribution in [0.25, 0.3) is 11.1 Å². The fourth-order valence-electron chi connectivity index (χ4n) is 9.44. The van der Waals surface area contributed by atoms with Gasteiger partial charge in [-0.05, 0) is 129 Å². The summed E-state index contributed by atoms with van der Waals surface area (Å²) >= 11 is 0. The molecule has 0 heterocycles. The van der Waals surface area contributed by atoms with Gasteiger partial charge in [-0.15, -0.1) is 0 Å². The topological polar surface area (TPSA) is 3.24 Å². The minimum atomic E-state index is -0.0630. The largest absolute Gasteiger partial charge is 0.309 e. The van der Waals surface area contributed by atoms with Gasteiger partial charge in [0.05, 0.1) is 11.4 Å². The Morgan fingerprint density at radius 3 is 1.43 bits per heavy atom. The molecular weight excluding hydrogens is 555 g/mol. The molecule has 3 aliphatic carbocycles. The highest BCUT2D eigenvalue weighted by Crippen LogP contribution is 2.58. The number of rotatable bonds is 3. The van der Waals surface area contributed by atoms with Crippen LogP contribution in [0, 0.1) is 13.8 Å². The predicted molar refractivity (Wildman–Crippen MR) is 199 cm³/mol. The summed E-state index contributed by atoms with van der Waals surface area (Å²) in [5, 5.41) is 0. The van der Waals surface area contributed by atoms with E-state index in [-0.39, 0.29) is 27.1 Å². The third-order valence-corrected chi connectivity index (χ3v) is 12.6. The lowest BCUT2D eigenvalue weighted by molar-refractivity contribution is 0.331. The lowest BCUT2D eigenvalue weighted by Gasteiger charge is -2.48. The third-order valence-electron chi connectivity index (χ3n) is 12.6. The summed E-state index contributed by atoms with van der Waals surface area (Å²) in [6, 6.07) is 26.2. The number of aryl methyl sites for hydroxylation is 2. The van der Waals surface area contributed by atoms with E-state index in [4.69, 9.17) is 0 Å². The summed E-state index contributed by atoms with van der Waals surface area (Å²) in [7, 11) is 0. The summed E-state index contributed by atoms with van der Waals surface area (Å²) in [6.45, 7) is 29.3. The van der Waals surface area contributed by atoms with E-state index in [1.165, 1.54) is 98.4 Å². The average Bonchev–Trinajstić information content (AvgIpc) is 3.21. The van der Waals surface area contributed by atoms with E-state index in [1.54, 1.807) is 0 Å². The Balaban J connectivity index is 1.62. The first kappa shape index (κ1) is 31.3. The van der Waals surface area contributed by atoms with Crippen LogP contribution in [0.3, 0.4) is 0 Å². The van der Waals surface area contributed by atoms with E-state index in [9.17, 15) is 0 Å². The number of anilines is 3. The molecule has 0 saturated heterocycles. The molecule has 7 rings (SSSR count). The van der Waals surface area contributed by atoms with Crippen molar-refractivity contribution < 1.29 is 0 Å². The van der Waals surface area contributed by atoms with Gasteiger partial charge in [0.25, 0.3) is 0 Å². The van der Waals surface area contributed by atoms with Crippen LogP contribution in [-0.4, -0.2) is 0 Å². The SMILES string of the molecule is Cc1ccc2c(c1N(c1ccc3c(c1)C(C)(C)c1ccccc1-3)c1c(C)ccc3c1C(C)(C)CCC3(C)C)C(C)(C)CCC2(C)C. The molecule has 0 saturated carbocycles. The van der Waals surface area contributed by atoms with Crippen LogP contribution in [0.15, 0.2) is 66.7 Å². The van der Waals surface area contributed by atoms with Crippen molar-refractivity contribution in [3.8, 4) is 11.1 Å². The van der Waals surface area contributed by atoms with Crippen LogP contribution in [0.5, 0.6) is 0 Å². The van der Waals surface area contributed by atoms with Crippen molar-refractivity contribution in [3.63, 3.8) is 0 Å². The predicted octanol–water partition coefficient (Wildman–Crippen LogP) is 12.8. The third kappa shape index (κ3) is 4.40. The number of nitrogens with zero attached hydrogens (tertiary/aromatic N) is 1. The maximum atomic E-state index is 2.74. The number of benzene rings is 4. The maximum absolute atomic E-state index is 2.74. The van der Waals surface area contributed by atoms with E-state index in [0.29, 0.717) is 0 Å². The molecule has 0 bridgehead atoms. The molecule has 4 aromatic rings. The minimum absolute atomic E-state index is 0.0630. The van der Waals surface area contributed by atoms with Crippen molar-refractivity contribution in [2.75, 3.05) is 4.90 Å².